The summed E-state index contributed by atoms with van der Waals surface area (Å²) in [4.78, 5) is 27.3. The van der Waals surface area contributed by atoms with Crippen LogP contribution in [0.25, 0.3) is 5.69 Å². The van der Waals surface area contributed by atoms with Crippen molar-refractivity contribution in [3.8, 4) is 5.69 Å². The van der Waals surface area contributed by atoms with Crippen molar-refractivity contribution in [2.45, 2.75) is 33.1 Å². The predicted octanol–water partition coefficient (Wildman–Crippen LogP) is 2.65. The van der Waals surface area contributed by atoms with Gasteiger partial charge in [-0.1, -0.05) is 19.9 Å². The van der Waals surface area contributed by atoms with Crippen LogP contribution in [0.3, 0.4) is 0 Å². The highest BCUT2D eigenvalue weighted by atomic mass is 19.4. The Kier molecular flexibility index (Phi) is 7.35. The Hall–Kier alpha value is -2.72. The first kappa shape index (κ1) is 23.9. The highest BCUT2D eigenvalue weighted by molar-refractivity contribution is 5.92. The molecule has 1 aliphatic rings. The van der Waals surface area contributed by atoms with E-state index in [-0.39, 0.29) is 24.0 Å². The van der Waals surface area contributed by atoms with Crippen LogP contribution in [0.5, 0.6) is 0 Å². The van der Waals surface area contributed by atoms with Crippen LogP contribution >= 0.6 is 0 Å². The number of benzene rings is 1. The number of hydrogen-bond donors (Lipinski definition) is 1. The van der Waals surface area contributed by atoms with E-state index in [1.807, 2.05) is 0 Å². The fourth-order valence-electron chi connectivity index (χ4n) is 3.66. The summed E-state index contributed by atoms with van der Waals surface area (Å²) >= 11 is 0. The average molecular weight is 452 g/mol. The van der Waals surface area contributed by atoms with Gasteiger partial charge in [0.15, 0.2) is 5.69 Å². The van der Waals surface area contributed by atoms with Crippen molar-refractivity contribution in [1.82, 2.24) is 20.0 Å². The monoisotopic (exact) mass is 452 g/mol. The van der Waals surface area contributed by atoms with Gasteiger partial charge in [-0.2, -0.15) is 18.3 Å². The maximum atomic E-state index is 13.1. The van der Waals surface area contributed by atoms with Gasteiger partial charge in [0.1, 0.15) is 0 Å². The van der Waals surface area contributed by atoms with Crippen LogP contribution in [-0.2, 0) is 10.9 Å². The van der Waals surface area contributed by atoms with Gasteiger partial charge in [0, 0.05) is 37.9 Å². The lowest BCUT2D eigenvalue weighted by Gasteiger charge is -2.33. The highest BCUT2D eigenvalue weighted by Gasteiger charge is 2.31. The number of aromatic nitrogens is 2. The Balaban J connectivity index is 1.76. The van der Waals surface area contributed by atoms with Gasteiger partial charge in [-0.15, -0.1) is 0 Å². The Bertz CT molecular complexity index is 1020. The molecule has 2 heterocycles. The molecule has 1 unspecified atom stereocenters. The van der Waals surface area contributed by atoms with E-state index in [1.54, 1.807) is 0 Å². The zero-order valence-corrected chi connectivity index (χ0v) is 18.3. The van der Waals surface area contributed by atoms with Crippen LogP contribution in [-0.4, -0.2) is 59.5 Å². The second kappa shape index (κ2) is 9.83. The third kappa shape index (κ3) is 5.95. The number of ether oxygens (including phenoxy) is 1. The summed E-state index contributed by atoms with van der Waals surface area (Å²) in [5.41, 5.74) is -1.42. The maximum absolute atomic E-state index is 13.1. The van der Waals surface area contributed by atoms with E-state index in [0.29, 0.717) is 24.8 Å². The molecule has 10 heteroatoms. The first-order valence-corrected chi connectivity index (χ1v) is 10.5. The molecule has 32 heavy (non-hydrogen) atoms. The van der Waals surface area contributed by atoms with E-state index in [1.165, 1.54) is 25.1 Å². The van der Waals surface area contributed by atoms with Crippen molar-refractivity contribution in [1.29, 1.82) is 0 Å². The van der Waals surface area contributed by atoms with Gasteiger partial charge < -0.3 is 10.1 Å². The Morgan fingerprint density at radius 3 is 2.75 bits per heavy atom. The van der Waals surface area contributed by atoms with Crippen molar-refractivity contribution in [3.63, 3.8) is 0 Å². The summed E-state index contributed by atoms with van der Waals surface area (Å²) < 4.78 is 46.1. The number of amides is 1. The molecule has 0 aliphatic carbocycles. The summed E-state index contributed by atoms with van der Waals surface area (Å²) in [5.74, 6) is -0.185. The lowest BCUT2D eigenvalue weighted by molar-refractivity contribution is -0.137. The van der Waals surface area contributed by atoms with Crippen molar-refractivity contribution in [2.75, 3.05) is 32.8 Å². The number of alkyl halides is 3. The SMILES string of the molecule is Cc1cc(=O)c(C(=O)NCC2CN(CC(C)C)CCO2)nn1-c1cccc(C(F)(F)F)c1. The molecule has 7 nitrogen and oxygen atoms in total. The smallest absolute Gasteiger partial charge is 0.374 e. The second-order valence-electron chi connectivity index (χ2n) is 8.31. The summed E-state index contributed by atoms with van der Waals surface area (Å²) in [5, 5.41) is 6.73. The zero-order valence-electron chi connectivity index (χ0n) is 18.3. The summed E-state index contributed by atoms with van der Waals surface area (Å²) in [6, 6.07) is 5.73. The van der Waals surface area contributed by atoms with E-state index in [0.717, 1.165) is 29.9 Å². The molecule has 174 valence electrons. The molecule has 3 rings (SSSR count). The van der Waals surface area contributed by atoms with Crippen molar-refractivity contribution in [2.24, 2.45) is 5.92 Å². The number of rotatable bonds is 6. The third-order valence-electron chi connectivity index (χ3n) is 5.08. The molecule has 1 aromatic heterocycles. The van der Waals surface area contributed by atoms with Gasteiger partial charge in [-0.25, -0.2) is 4.68 Å². The highest BCUT2D eigenvalue weighted by Crippen LogP contribution is 2.30. The van der Waals surface area contributed by atoms with E-state index < -0.39 is 23.1 Å². The Morgan fingerprint density at radius 1 is 1.31 bits per heavy atom. The summed E-state index contributed by atoms with van der Waals surface area (Å²) in [7, 11) is 0. The minimum Gasteiger partial charge on any atom is -0.374 e. The standard InChI is InChI=1S/C22H27F3N4O3/c1-14(2)12-28-7-8-32-18(13-28)11-26-21(31)20-19(30)9-15(3)29(27-20)17-6-4-5-16(10-17)22(23,24)25/h4-6,9-10,14,18H,7-8,11-13H2,1-3H3,(H,26,31). The fourth-order valence-corrected chi connectivity index (χ4v) is 3.66. The number of hydrogen-bond acceptors (Lipinski definition) is 5. The number of nitrogens with zero attached hydrogens (tertiary/aromatic N) is 3. The lowest BCUT2D eigenvalue weighted by Crippen LogP contribution is -2.48. The molecule has 1 saturated heterocycles. The largest absolute Gasteiger partial charge is 0.416 e. The van der Waals surface area contributed by atoms with Crippen LogP contribution in [0, 0.1) is 12.8 Å². The molecule has 1 amide bonds. The van der Waals surface area contributed by atoms with Crippen molar-refractivity contribution < 1.29 is 22.7 Å². The molecule has 1 N–H and O–H groups in total. The number of halogens is 3. The first-order chi connectivity index (χ1) is 15.0. The van der Waals surface area contributed by atoms with E-state index in [2.05, 4.69) is 29.2 Å². The zero-order chi connectivity index (χ0) is 23.5. The van der Waals surface area contributed by atoms with Crippen LogP contribution < -0.4 is 10.7 Å². The Morgan fingerprint density at radius 2 is 2.06 bits per heavy atom. The normalized spacial score (nSPS) is 17.5. The molecule has 0 radical (unpaired) electrons. The van der Waals surface area contributed by atoms with Gasteiger partial charge in [-0.3, -0.25) is 14.5 Å². The third-order valence-corrected chi connectivity index (χ3v) is 5.08. The van der Waals surface area contributed by atoms with Crippen LogP contribution in [0.2, 0.25) is 0 Å². The van der Waals surface area contributed by atoms with E-state index in [9.17, 15) is 22.8 Å². The van der Waals surface area contributed by atoms with Crippen LogP contribution in [0.15, 0.2) is 35.1 Å². The quantitative estimate of drug-likeness (QED) is 0.729. The summed E-state index contributed by atoms with van der Waals surface area (Å²) in [6.45, 7) is 8.96. The van der Waals surface area contributed by atoms with Gasteiger partial charge in [-0.05, 0) is 31.0 Å². The van der Waals surface area contributed by atoms with Gasteiger partial charge in [0.25, 0.3) is 5.91 Å². The number of aryl methyl sites for hydroxylation is 1. The van der Waals surface area contributed by atoms with Crippen LogP contribution in [0.4, 0.5) is 13.2 Å². The molecule has 1 aromatic carbocycles. The second-order valence-corrected chi connectivity index (χ2v) is 8.31. The van der Waals surface area contributed by atoms with Crippen molar-refractivity contribution >= 4 is 5.91 Å². The summed E-state index contributed by atoms with van der Waals surface area (Å²) in [6.07, 6.45) is -4.74. The number of morpholine rings is 1. The first-order valence-electron chi connectivity index (χ1n) is 10.5. The Labute approximate surface area is 184 Å². The van der Waals surface area contributed by atoms with Crippen molar-refractivity contribution in [3.05, 3.63) is 57.5 Å². The minimum absolute atomic E-state index is 0.103. The fraction of sp³-hybridized carbons (Fsp3) is 0.500. The average Bonchev–Trinajstić information content (AvgIpc) is 2.71. The molecule has 1 atom stereocenters. The van der Waals surface area contributed by atoms with Gasteiger partial charge in [0.05, 0.1) is 24.0 Å². The molecule has 1 fully saturated rings. The maximum Gasteiger partial charge on any atom is 0.416 e. The molecule has 2 aromatic rings. The van der Waals surface area contributed by atoms with Gasteiger partial charge in [0.2, 0.25) is 5.43 Å². The lowest BCUT2D eigenvalue weighted by atomic mass is 10.2. The number of carbonyl (C=O) groups excluding carboxylic acids is 1. The number of carbonyl (C=O) groups is 1. The van der Waals surface area contributed by atoms with E-state index >= 15 is 0 Å². The molecule has 1 aliphatic heterocycles. The van der Waals surface area contributed by atoms with Gasteiger partial charge >= 0.3 is 6.18 Å². The predicted molar refractivity (Wildman–Crippen MR) is 113 cm³/mol. The molecule has 0 spiro atoms. The van der Waals surface area contributed by atoms with Crippen LogP contribution in [0.1, 0.15) is 35.6 Å². The molecular weight excluding hydrogens is 425 g/mol. The molecular formula is C22H27F3N4O3. The topological polar surface area (TPSA) is 76.5 Å². The van der Waals surface area contributed by atoms with E-state index in [4.69, 9.17) is 4.74 Å². The minimum atomic E-state index is -4.52. The molecule has 0 bridgehead atoms. The molecule has 0 saturated carbocycles. The number of nitrogens with one attached hydrogen (secondary N) is 1.